The molecule has 11 heteroatoms. The van der Waals surface area contributed by atoms with Gasteiger partial charge in [-0.05, 0) is 29.8 Å². The van der Waals surface area contributed by atoms with Gasteiger partial charge in [-0.25, -0.2) is 4.68 Å². The quantitative estimate of drug-likeness (QED) is 0.395. The number of hydrogen-bond donors (Lipinski definition) is 1. The third-order valence-electron chi connectivity index (χ3n) is 5.05. The summed E-state index contributed by atoms with van der Waals surface area (Å²) in [5, 5.41) is 18.0. The fourth-order valence-electron chi connectivity index (χ4n) is 3.37. The van der Waals surface area contributed by atoms with Crippen LogP contribution in [0.25, 0.3) is 0 Å². The van der Waals surface area contributed by atoms with Gasteiger partial charge in [0.05, 0.1) is 23.2 Å². The molecule has 3 aromatic rings. The Balaban J connectivity index is 1.33. The van der Waals surface area contributed by atoms with Crippen molar-refractivity contribution in [3.63, 3.8) is 0 Å². The van der Waals surface area contributed by atoms with Crippen molar-refractivity contribution in [1.82, 2.24) is 14.7 Å². The molecular formula is C22H22ClN5O5. The number of hydrogen-bond acceptors (Lipinski definition) is 7. The van der Waals surface area contributed by atoms with E-state index in [0.29, 0.717) is 5.69 Å². The van der Waals surface area contributed by atoms with Crippen molar-refractivity contribution < 1.29 is 19.2 Å². The lowest BCUT2D eigenvalue weighted by atomic mass is 10.2. The van der Waals surface area contributed by atoms with Gasteiger partial charge in [0.2, 0.25) is 0 Å². The number of non-ortho nitro benzene ring substituents is 1. The van der Waals surface area contributed by atoms with Crippen molar-refractivity contribution in [3.05, 3.63) is 81.1 Å². The van der Waals surface area contributed by atoms with Crippen LogP contribution in [0.1, 0.15) is 16.1 Å². The minimum absolute atomic E-state index is 0.0140. The van der Waals surface area contributed by atoms with E-state index in [9.17, 15) is 14.9 Å². The van der Waals surface area contributed by atoms with Gasteiger partial charge in [0.15, 0.2) is 12.4 Å². The zero-order valence-corrected chi connectivity index (χ0v) is 18.4. The predicted octanol–water partition coefficient (Wildman–Crippen LogP) is 3.57. The van der Waals surface area contributed by atoms with Crippen molar-refractivity contribution in [2.24, 2.45) is 0 Å². The standard InChI is InChI=1S/C22H22ClN5O5/c23-19-13-18(28(30)31)4-5-21(19)33-15-27-7-6-20(25-27)22(29)24-17-3-1-2-16(12-17)14-26-8-10-32-11-9-26/h1-7,12-13H,8-11,14-15H2,(H,24,29). The molecule has 172 valence electrons. The number of nitrogens with one attached hydrogen (secondary N) is 1. The maximum absolute atomic E-state index is 12.6. The number of morpholine rings is 1. The summed E-state index contributed by atoms with van der Waals surface area (Å²) >= 11 is 6.03. The van der Waals surface area contributed by atoms with Crippen LogP contribution in [0.4, 0.5) is 11.4 Å². The number of carbonyl (C=O) groups is 1. The van der Waals surface area contributed by atoms with Crippen molar-refractivity contribution in [1.29, 1.82) is 0 Å². The highest BCUT2D eigenvalue weighted by atomic mass is 35.5. The molecule has 0 spiro atoms. The predicted molar refractivity (Wildman–Crippen MR) is 121 cm³/mol. The van der Waals surface area contributed by atoms with Gasteiger partial charge >= 0.3 is 0 Å². The molecule has 1 aliphatic rings. The second kappa shape index (κ2) is 10.4. The Bertz CT molecular complexity index is 1150. The third-order valence-corrected chi connectivity index (χ3v) is 5.34. The number of rotatable bonds is 8. The molecule has 1 saturated heterocycles. The number of aromatic nitrogens is 2. The first-order valence-corrected chi connectivity index (χ1v) is 10.7. The molecule has 0 unspecified atom stereocenters. The summed E-state index contributed by atoms with van der Waals surface area (Å²) in [6.45, 7) is 4.03. The number of nitro groups is 1. The van der Waals surface area contributed by atoms with Gasteiger partial charge in [0, 0.05) is 43.7 Å². The Morgan fingerprint density at radius 2 is 2.03 bits per heavy atom. The fraction of sp³-hybridized carbons (Fsp3) is 0.273. The Morgan fingerprint density at radius 1 is 1.21 bits per heavy atom. The first kappa shape index (κ1) is 22.7. The van der Waals surface area contributed by atoms with E-state index < -0.39 is 4.92 Å². The molecule has 0 aliphatic carbocycles. The molecule has 1 N–H and O–H groups in total. The van der Waals surface area contributed by atoms with E-state index >= 15 is 0 Å². The molecule has 4 rings (SSSR count). The maximum atomic E-state index is 12.6. The highest BCUT2D eigenvalue weighted by molar-refractivity contribution is 6.32. The average Bonchev–Trinajstić information content (AvgIpc) is 3.28. The summed E-state index contributed by atoms with van der Waals surface area (Å²) in [6, 6.07) is 13.2. The fourth-order valence-corrected chi connectivity index (χ4v) is 3.60. The topological polar surface area (TPSA) is 112 Å². The Hall–Kier alpha value is -3.47. The summed E-state index contributed by atoms with van der Waals surface area (Å²) < 4.78 is 12.4. The summed E-state index contributed by atoms with van der Waals surface area (Å²) in [4.78, 5) is 25.2. The lowest BCUT2D eigenvalue weighted by Crippen LogP contribution is -2.35. The van der Waals surface area contributed by atoms with Crippen molar-refractivity contribution >= 4 is 28.9 Å². The molecule has 33 heavy (non-hydrogen) atoms. The molecular weight excluding hydrogens is 450 g/mol. The van der Waals surface area contributed by atoms with Gasteiger partial charge in [0.25, 0.3) is 11.6 Å². The van der Waals surface area contributed by atoms with E-state index in [1.807, 2.05) is 24.3 Å². The van der Waals surface area contributed by atoms with E-state index in [0.717, 1.165) is 38.4 Å². The first-order chi connectivity index (χ1) is 16.0. The average molecular weight is 472 g/mol. The normalized spacial score (nSPS) is 14.1. The molecule has 10 nitrogen and oxygen atoms in total. The Labute approximate surface area is 194 Å². The number of anilines is 1. The largest absolute Gasteiger partial charge is 0.470 e. The lowest BCUT2D eigenvalue weighted by molar-refractivity contribution is -0.384. The minimum atomic E-state index is -0.535. The van der Waals surface area contributed by atoms with Gasteiger partial charge in [-0.2, -0.15) is 5.10 Å². The van der Waals surface area contributed by atoms with Gasteiger partial charge in [-0.3, -0.25) is 19.8 Å². The van der Waals surface area contributed by atoms with Gasteiger partial charge in [-0.15, -0.1) is 0 Å². The highest BCUT2D eigenvalue weighted by Gasteiger charge is 2.14. The Kier molecular flexibility index (Phi) is 7.18. The maximum Gasteiger partial charge on any atom is 0.276 e. The molecule has 0 atom stereocenters. The molecule has 1 aromatic heterocycles. The van der Waals surface area contributed by atoms with Crippen LogP contribution >= 0.6 is 11.6 Å². The van der Waals surface area contributed by atoms with Gasteiger partial charge in [0.1, 0.15) is 5.75 Å². The molecule has 1 amide bonds. The number of benzene rings is 2. The molecule has 2 aromatic carbocycles. The van der Waals surface area contributed by atoms with Crippen LogP contribution in [0.15, 0.2) is 54.7 Å². The molecule has 0 radical (unpaired) electrons. The summed E-state index contributed by atoms with van der Waals surface area (Å²) in [7, 11) is 0. The smallest absolute Gasteiger partial charge is 0.276 e. The highest BCUT2D eigenvalue weighted by Crippen LogP contribution is 2.28. The summed E-state index contributed by atoms with van der Waals surface area (Å²) in [5.74, 6) is -0.0634. The van der Waals surface area contributed by atoms with Crippen molar-refractivity contribution in [2.75, 3.05) is 31.6 Å². The molecule has 0 bridgehead atoms. The zero-order valence-electron chi connectivity index (χ0n) is 17.6. The molecule has 2 heterocycles. The number of nitro benzene ring substituents is 1. The van der Waals surface area contributed by atoms with Crippen LogP contribution in [-0.4, -0.2) is 51.8 Å². The van der Waals surface area contributed by atoms with Crippen molar-refractivity contribution in [2.45, 2.75) is 13.3 Å². The SMILES string of the molecule is O=C(Nc1cccc(CN2CCOCC2)c1)c1ccn(COc2ccc([N+](=O)[O-])cc2Cl)n1. The Morgan fingerprint density at radius 3 is 2.79 bits per heavy atom. The van der Waals surface area contributed by atoms with E-state index in [4.69, 9.17) is 21.1 Å². The number of halogens is 1. The van der Waals surface area contributed by atoms with Gasteiger partial charge < -0.3 is 14.8 Å². The molecule has 1 fully saturated rings. The zero-order chi connectivity index (χ0) is 23.2. The number of nitrogens with zero attached hydrogens (tertiary/aromatic N) is 4. The second-order valence-corrected chi connectivity index (χ2v) is 7.84. The minimum Gasteiger partial charge on any atom is -0.470 e. The number of carbonyl (C=O) groups excluding carboxylic acids is 1. The van der Waals surface area contributed by atoms with Crippen LogP contribution < -0.4 is 10.1 Å². The summed E-state index contributed by atoms with van der Waals surface area (Å²) in [5.41, 5.74) is 1.90. The van der Waals surface area contributed by atoms with E-state index in [1.165, 1.54) is 22.9 Å². The van der Waals surface area contributed by atoms with E-state index in [2.05, 4.69) is 15.3 Å². The third kappa shape index (κ3) is 6.07. The molecule has 0 saturated carbocycles. The van der Waals surface area contributed by atoms with E-state index in [-0.39, 0.29) is 34.8 Å². The van der Waals surface area contributed by atoms with Crippen molar-refractivity contribution in [3.8, 4) is 5.75 Å². The van der Waals surface area contributed by atoms with Crippen LogP contribution in [0.2, 0.25) is 5.02 Å². The summed E-state index contributed by atoms with van der Waals surface area (Å²) in [6.07, 6.45) is 1.60. The first-order valence-electron chi connectivity index (χ1n) is 10.3. The van der Waals surface area contributed by atoms with Crippen LogP contribution in [0.5, 0.6) is 5.75 Å². The van der Waals surface area contributed by atoms with E-state index in [1.54, 1.807) is 12.3 Å². The van der Waals surface area contributed by atoms with Crippen LogP contribution in [0, 0.1) is 10.1 Å². The van der Waals surface area contributed by atoms with Crippen LogP contribution in [-0.2, 0) is 18.0 Å². The number of ether oxygens (including phenoxy) is 2. The molecule has 1 aliphatic heterocycles. The lowest BCUT2D eigenvalue weighted by Gasteiger charge is -2.26. The van der Waals surface area contributed by atoms with Gasteiger partial charge in [-0.1, -0.05) is 23.7 Å². The number of amides is 1. The second-order valence-electron chi connectivity index (χ2n) is 7.43. The monoisotopic (exact) mass is 471 g/mol. The van der Waals surface area contributed by atoms with Crippen LogP contribution in [0.3, 0.4) is 0 Å².